The van der Waals surface area contributed by atoms with Crippen LogP contribution in [0.1, 0.15) is 26.2 Å². The molecule has 2 heterocycles. The SMILES string of the molecule is CC(CC(=O)N1CCNC(=O)C1)C1CCNCC1.Cl. The van der Waals surface area contributed by atoms with E-state index in [2.05, 4.69) is 17.6 Å². The van der Waals surface area contributed by atoms with Gasteiger partial charge in [0.2, 0.25) is 11.8 Å². The lowest BCUT2D eigenvalue weighted by atomic mass is 9.84. The number of rotatable bonds is 3. The van der Waals surface area contributed by atoms with Gasteiger partial charge in [0.15, 0.2) is 0 Å². The van der Waals surface area contributed by atoms with Gasteiger partial charge in [-0.15, -0.1) is 12.4 Å². The number of hydrogen-bond acceptors (Lipinski definition) is 3. The molecule has 1 unspecified atom stereocenters. The largest absolute Gasteiger partial charge is 0.353 e. The van der Waals surface area contributed by atoms with Gasteiger partial charge in [-0.05, 0) is 37.8 Å². The Morgan fingerprint density at radius 2 is 2.05 bits per heavy atom. The number of nitrogens with zero attached hydrogens (tertiary/aromatic N) is 1. The van der Waals surface area contributed by atoms with Crippen molar-refractivity contribution in [1.29, 1.82) is 0 Å². The second-order valence-electron chi connectivity index (χ2n) is 5.43. The van der Waals surface area contributed by atoms with E-state index in [1.807, 2.05) is 0 Å². The summed E-state index contributed by atoms with van der Waals surface area (Å²) in [5.74, 6) is 1.17. The first kappa shape index (κ1) is 16.2. The van der Waals surface area contributed by atoms with Crippen molar-refractivity contribution < 1.29 is 9.59 Å². The quantitative estimate of drug-likeness (QED) is 0.790. The second kappa shape index (κ2) is 7.70. The number of piperidine rings is 1. The number of piperazine rings is 1. The molecule has 6 heteroatoms. The number of carbonyl (C=O) groups is 2. The smallest absolute Gasteiger partial charge is 0.239 e. The zero-order valence-corrected chi connectivity index (χ0v) is 12.3. The van der Waals surface area contributed by atoms with E-state index in [1.165, 1.54) is 0 Å². The van der Waals surface area contributed by atoms with Crippen LogP contribution in [0.5, 0.6) is 0 Å². The molecule has 0 aromatic rings. The molecule has 0 aromatic heterocycles. The molecule has 2 rings (SSSR count). The Balaban J connectivity index is 0.00000180. The Hall–Kier alpha value is -0.810. The maximum Gasteiger partial charge on any atom is 0.239 e. The van der Waals surface area contributed by atoms with Crippen molar-refractivity contribution in [2.24, 2.45) is 11.8 Å². The highest BCUT2D eigenvalue weighted by molar-refractivity contribution is 5.86. The Bertz CT molecular complexity index is 319. The highest BCUT2D eigenvalue weighted by Crippen LogP contribution is 2.24. The molecule has 2 aliphatic rings. The number of amides is 2. The highest BCUT2D eigenvalue weighted by Gasteiger charge is 2.26. The van der Waals surface area contributed by atoms with Gasteiger partial charge in [-0.1, -0.05) is 6.92 Å². The number of nitrogens with one attached hydrogen (secondary N) is 2. The molecule has 2 saturated heterocycles. The van der Waals surface area contributed by atoms with E-state index in [0.717, 1.165) is 25.9 Å². The summed E-state index contributed by atoms with van der Waals surface area (Å²) in [6.45, 7) is 5.77. The molecule has 110 valence electrons. The van der Waals surface area contributed by atoms with E-state index in [-0.39, 0.29) is 30.8 Å². The topological polar surface area (TPSA) is 61.4 Å². The first-order valence-corrected chi connectivity index (χ1v) is 6.92. The third-order valence-electron chi connectivity index (χ3n) is 4.08. The van der Waals surface area contributed by atoms with E-state index in [4.69, 9.17) is 0 Å². The lowest BCUT2D eigenvalue weighted by Crippen LogP contribution is -2.50. The molecule has 0 radical (unpaired) electrons. The van der Waals surface area contributed by atoms with Crippen LogP contribution in [0.15, 0.2) is 0 Å². The van der Waals surface area contributed by atoms with Gasteiger partial charge in [-0.2, -0.15) is 0 Å². The summed E-state index contributed by atoms with van der Waals surface area (Å²) >= 11 is 0. The molecule has 0 spiro atoms. The van der Waals surface area contributed by atoms with Crippen molar-refractivity contribution in [2.45, 2.75) is 26.2 Å². The van der Waals surface area contributed by atoms with Crippen molar-refractivity contribution in [1.82, 2.24) is 15.5 Å². The lowest BCUT2D eigenvalue weighted by Gasteiger charge is -2.31. The fourth-order valence-electron chi connectivity index (χ4n) is 2.84. The summed E-state index contributed by atoms with van der Waals surface area (Å²) in [6, 6.07) is 0. The van der Waals surface area contributed by atoms with E-state index < -0.39 is 0 Å². The van der Waals surface area contributed by atoms with Crippen LogP contribution in [0.2, 0.25) is 0 Å². The van der Waals surface area contributed by atoms with Crippen LogP contribution in [0.4, 0.5) is 0 Å². The van der Waals surface area contributed by atoms with E-state index in [9.17, 15) is 9.59 Å². The van der Waals surface area contributed by atoms with Crippen molar-refractivity contribution in [3.05, 3.63) is 0 Å². The molecule has 2 N–H and O–H groups in total. The van der Waals surface area contributed by atoms with Crippen LogP contribution in [0, 0.1) is 11.8 Å². The van der Waals surface area contributed by atoms with Crippen LogP contribution < -0.4 is 10.6 Å². The average molecular weight is 290 g/mol. The molecular formula is C13H24ClN3O2. The van der Waals surface area contributed by atoms with Gasteiger partial charge >= 0.3 is 0 Å². The van der Waals surface area contributed by atoms with E-state index >= 15 is 0 Å². The van der Waals surface area contributed by atoms with Gasteiger partial charge in [0, 0.05) is 19.5 Å². The minimum atomic E-state index is -0.0379. The minimum absolute atomic E-state index is 0. The normalized spacial score (nSPS) is 22.4. The Morgan fingerprint density at radius 1 is 1.37 bits per heavy atom. The summed E-state index contributed by atoms with van der Waals surface area (Å²) in [5, 5.41) is 6.09. The van der Waals surface area contributed by atoms with Crippen molar-refractivity contribution >= 4 is 24.2 Å². The predicted molar refractivity (Wildman–Crippen MR) is 76.2 cm³/mol. The molecule has 19 heavy (non-hydrogen) atoms. The molecule has 1 atom stereocenters. The summed E-state index contributed by atoms with van der Waals surface area (Å²) in [7, 11) is 0. The van der Waals surface area contributed by atoms with E-state index in [1.54, 1.807) is 4.90 Å². The van der Waals surface area contributed by atoms with Gasteiger partial charge in [-0.25, -0.2) is 0 Å². The number of carbonyl (C=O) groups excluding carboxylic acids is 2. The number of hydrogen-bond donors (Lipinski definition) is 2. The van der Waals surface area contributed by atoms with Crippen molar-refractivity contribution in [2.75, 3.05) is 32.7 Å². The van der Waals surface area contributed by atoms with Crippen LogP contribution in [0.25, 0.3) is 0 Å². The molecule has 0 saturated carbocycles. The van der Waals surface area contributed by atoms with E-state index in [0.29, 0.717) is 31.3 Å². The van der Waals surface area contributed by atoms with Gasteiger partial charge in [0.05, 0.1) is 6.54 Å². The molecule has 2 amide bonds. The monoisotopic (exact) mass is 289 g/mol. The number of halogens is 1. The molecule has 0 aromatic carbocycles. The maximum absolute atomic E-state index is 12.1. The first-order chi connectivity index (χ1) is 8.66. The van der Waals surface area contributed by atoms with Crippen LogP contribution in [-0.4, -0.2) is 49.4 Å². The second-order valence-corrected chi connectivity index (χ2v) is 5.43. The molecule has 5 nitrogen and oxygen atoms in total. The average Bonchev–Trinajstić information content (AvgIpc) is 2.39. The van der Waals surface area contributed by atoms with Crippen molar-refractivity contribution in [3.63, 3.8) is 0 Å². The van der Waals surface area contributed by atoms with Gasteiger partial charge in [-0.3, -0.25) is 9.59 Å². The zero-order valence-electron chi connectivity index (χ0n) is 11.5. The first-order valence-electron chi connectivity index (χ1n) is 6.92. The van der Waals surface area contributed by atoms with Gasteiger partial charge < -0.3 is 15.5 Å². The lowest BCUT2D eigenvalue weighted by molar-refractivity contribution is -0.139. The standard InChI is InChI=1S/C13H23N3O2.ClH/c1-10(11-2-4-14-5-3-11)8-13(18)16-7-6-15-12(17)9-16;/h10-11,14H,2-9H2,1H3,(H,15,17);1H. The summed E-state index contributed by atoms with van der Waals surface area (Å²) in [5.41, 5.74) is 0. The molecule has 0 bridgehead atoms. The van der Waals surface area contributed by atoms with Gasteiger partial charge in [0.25, 0.3) is 0 Å². The summed E-state index contributed by atoms with van der Waals surface area (Å²) in [6.07, 6.45) is 2.90. The third-order valence-corrected chi connectivity index (χ3v) is 4.08. The molecule has 2 aliphatic heterocycles. The summed E-state index contributed by atoms with van der Waals surface area (Å²) in [4.78, 5) is 25.1. The van der Waals surface area contributed by atoms with Crippen LogP contribution in [0.3, 0.4) is 0 Å². The fourth-order valence-corrected chi connectivity index (χ4v) is 2.84. The Morgan fingerprint density at radius 3 is 2.68 bits per heavy atom. The molecular weight excluding hydrogens is 266 g/mol. The van der Waals surface area contributed by atoms with Gasteiger partial charge in [0.1, 0.15) is 0 Å². The highest BCUT2D eigenvalue weighted by atomic mass is 35.5. The van der Waals surface area contributed by atoms with Crippen molar-refractivity contribution in [3.8, 4) is 0 Å². The van der Waals surface area contributed by atoms with Crippen LogP contribution >= 0.6 is 12.4 Å². The molecule has 0 aliphatic carbocycles. The maximum atomic E-state index is 12.1. The third kappa shape index (κ3) is 4.66. The fraction of sp³-hybridized carbons (Fsp3) is 0.846. The minimum Gasteiger partial charge on any atom is -0.353 e. The Kier molecular flexibility index (Phi) is 6.58. The predicted octanol–water partition coefficient (Wildman–Crippen LogP) is 0.392. The zero-order chi connectivity index (χ0) is 13.0. The van der Waals surface area contributed by atoms with Crippen LogP contribution in [-0.2, 0) is 9.59 Å². The molecule has 2 fully saturated rings. The summed E-state index contributed by atoms with van der Waals surface area (Å²) < 4.78 is 0. The Labute approximate surface area is 120 Å².